The van der Waals surface area contributed by atoms with Gasteiger partial charge < -0.3 is 5.32 Å². The average molecular weight is 427 g/mol. The third-order valence-corrected chi connectivity index (χ3v) is 4.30. The molecule has 0 spiro atoms. The second-order valence-corrected chi connectivity index (χ2v) is 6.74. The van der Waals surface area contributed by atoms with Crippen LogP contribution in [0.4, 0.5) is 19.0 Å². The number of carbonyl (C=O) groups is 1. The van der Waals surface area contributed by atoms with Crippen LogP contribution in [0.3, 0.4) is 0 Å². The summed E-state index contributed by atoms with van der Waals surface area (Å²) in [5.41, 5.74) is -0.141. The molecule has 0 aliphatic heterocycles. The number of carbonyl (C=O) groups excluding carboxylic acids is 1. The van der Waals surface area contributed by atoms with Gasteiger partial charge in [0.05, 0.1) is 27.2 Å². The van der Waals surface area contributed by atoms with Gasteiger partial charge in [-0.15, -0.1) is 0 Å². The van der Waals surface area contributed by atoms with Crippen molar-refractivity contribution in [3.63, 3.8) is 0 Å². The predicted octanol–water partition coefficient (Wildman–Crippen LogP) is 5.13. The Morgan fingerprint density at radius 1 is 1.15 bits per heavy atom. The minimum Gasteiger partial charge on any atom is -0.308 e. The number of rotatable bonds is 5. The van der Waals surface area contributed by atoms with Gasteiger partial charge in [-0.1, -0.05) is 40.9 Å². The number of pyridine rings is 1. The normalized spacial score (nSPS) is 11.7. The van der Waals surface area contributed by atoms with E-state index in [1.54, 1.807) is 30.1 Å². The van der Waals surface area contributed by atoms with Gasteiger partial charge in [-0.2, -0.15) is 13.2 Å². The molecule has 0 saturated heterocycles. The molecule has 0 radical (unpaired) electrons. The zero-order valence-electron chi connectivity index (χ0n) is 13.4. The molecule has 0 aliphatic rings. The van der Waals surface area contributed by atoms with Crippen LogP contribution in [-0.2, 0) is 17.5 Å². The number of benzene rings is 1. The van der Waals surface area contributed by atoms with E-state index in [-0.39, 0.29) is 17.4 Å². The zero-order valence-corrected chi connectivity index (χ0v) is 15.6. The lowest BCUT2D eigenvalue weighted by atomic mass is 10.2. The average Bonchev–Trinajstić information content (AvgIpc) is 2.51. The van der Waals surface area contributed by atoms with Crippen LogP contribution in [-0.4, -0.2) is 29.4 Å². The fourth-order valence-electron chi connectivity index (χ4n) is 2.11. The Hall–Kier alpha value is -1.54. The van der Waals surface area contributed by atoms with Gasteiger partial charge in [-0.3, -0.25) is 9.69 Å². The van der Waals surface area contributed by atoms with Crippen molar-refractivity contribution >= 4 is 46.5 Å². The first-order valence-electron chi connectivity index (χ1n) is 7.21. The molecule has 2 aromatic rings. The van der Waals surface area contributed by atoms with Gasteiger partial charge in [-0.25, -0.2) is 4.98 Å². The number of amides is 1. The summed E-state index contributed by atoms with van der Waals surface area (Å²) >= 11 is 17.5. The van der Waals surface area contributed by atoms with Crippen molar-refractivity contribution in [3.05, 3.63) is 56.7 Å². The van der Waals surface area contributed by atoms with Crippen LogP contribution < -0.4 is 5.32 Å². The quantitative estimate of drug-likeness (QED) is 0.721. The molecule has 1 heterocycles. The van der Waals surface area contributed by atoms with E-state index in [0.29, 0.717) is 28.9 Å². The van der Waals surface area contributed by atoms with Crippen LogP contribution in [0.25, 0.3) is 0 Å². The highest BCUT2D eigenvalue weighted by Gasteiger charge is 2.31. The monoisotopic (exact) mass is 425 g/mol. The lowest BCUT2D eigenvalue weighted by molar-refractivity contribution is -0.137. The molecule has 1 aromatic heterocycles. The summed E-state index contributed by atoms with van der Waals surface area (Å²) in [7, 11) is 1.70. The molecular weight excluding hydrogens is 414 g/mol. The molecule has 4 nitrogen and oxygen atoms in total. The lowest BCUT2D eigenvalue weighted by Gasteiger charge is -2.17. The first kappa shape index (κ1) is 20.8. The summed E-state index contributed by atoms with van der Waals surface area (Å²) < 4.78 is 37.8. The third kappa shape index (κ3) is 5.74. The molecule has 1 amide bonds. The molecule has 2 rings (SSSR count). The smallest absolute Gasteiger partial charge is 0.308 e. The maximum atomic E-state index is 12.6. The van der Waals surface area contributed by atoms with E-state index in [9.17, 15) is 18.0 Å². The van der Waals surface area contributed by atoms with E-state index in [0.717, 1.165) is 5.56 Å². The molecule has 0 atom stereocenters. The van der Waals surface area contributed by atoms with Crippen molar-refractivity contribution in [2.24, 2.45) is 0 Å². The van der Waals surface area contributed by atoms with Crippen LogP contribution >= 0.6 is 34.8 Å². The number of nitrogens with one attached hydrogen (secondary N) is 1. The number of anilines is 1. The standard InChI is InChI=1S/C16H13Cl3F3N3O/c1-25(7-9-2-3-11(17)12(18)4-9)8-14(26)24-15-13(19)5-10(6-23-15)16(20,21)22/h2-6H,7-8H2,1H3,(H,23,24,26). The summed E-state index contributed by atoms with van der Waals surface area (Å²) in [6.07, 6.45) is -3.94. The molecule has 0 saturated carbocycles. The Balaban J connectivity index is 1.96. The minimum atomic E-state index is -4.56. The Labute approximate surface area is 162 Å². The molecule has 10 heteroatoms. The van der Waals surface area contributed by atoms with Gasteiger partial charge in [0, 0.05) is 12.7 Å². The van der Waals surface area contributed by atoms with E-state index in [1.807, 2.05) is 0 Å². The topological polar surface area (TPSA) is 45.2 Å². The van der Waals surface area contributed by atoms with E-state index in [4.69, 9.17) is 34.8 Å². The number of aromatic nitrogens is 1. The number of hydrogen-bond acceptors (Lipinski definition) is 3. The Morgan fingerprint density at radius 3 is 2.42 bits per heavy atom. The Morgan fingerprint density at radius 2 is 1.85 bits per heavy atom. The summed E-state index contributed by atoms with van der Waals surface area (Å²) in [5.74, 6) is -0.602. The fourth-order valence-corrected chi connectivity index (χ4v) is 2.64. The molecule has 0 unspecified atom stereocenters. The SMILES string of the molecule is CN(CC(=O)Nc1ncc(C(F)(F)F)cc1Cl)Cc1ccc(Cl)c(Cl)c1. The molecule has 140 valence electrons. The van der Waals surface area contributed by atoms with E-state index < -0.39 is 17.6 Å². The van der Waals surface area contributed by atoms with Crippen LogP contribution in [0.15, 0.2) is 30.5 Å². The maximum absolute atomic E-state index is 12.6. The van der Waals surface area contributed by atoms with Gasteiger partial charge in [0.25, 0.3) is 0 Å². The van der Waals surface area contributed by atoms with Crippen molar-refractivity contribution in [2.75, 3.05) is 18.9 Å². The minimum absolute atomic E-state index is 0.0285. The van der Waals surface area contributed by atoms with Gasteiger partial charge in [0.2, 0.25) is 5.91 Å². The second kappa shape index (κ2) is 8.43. The highest BCUT2D eigenvalue weighted by Crippen LogP contribution is 2.32. The van der Waals surface area contributed by atoms with E-state index >= 15 is 0 Å². The van der Waals surface area contributed by atoms with Crippen LogP contribution in [0.1, 0.15) is 11.1 Å². The lowest BCUT2D eigenvalue weighted by Crippen LogP contribution is -2.30. The molecular formula is C16H13Cl3F3N3O. The van der Waals surface area contributed by atoms with Gasteiger partial charge in [0.1, 0.15) is 0 Å². The molecule has 1 aromatic carbocycles. The Bertz CT molecular complexity index is 815. The highest BCUT2D eigenvalue weighted by molar-refractivity contribution is 6.42. The van der Waals surface area contributed by atoms with Crippen LogP contribution in [0, 0.1) is 0 Å². The van der Waals surface area contributed by atoms with Gasteiger partial charge in [0.15, 0.2) is 5.82 Å². The summed E-state index contributed by atoms with van der Waals surface area (Å²) in [6.45, 7) is 0.387. The number of halogens is 6. The highest BCUT2D eigenvalue weighted by atomic mass is 35.5. The van der Waals surface area contributed by atoms with Gasteiger partial charge >= 0.3 is 6.18 Å². The van der Waals surface area contributed by atoms with Crippen molar-refractivity contribution in [2.45, 2.75) is 12.7 Å². The molecule has 0 aliphatic carbocycles. The zero-order chi connectivity index (χ0) is 19.5. The van der Waals surface area contributed by atoms with Crippen molar-refractivity contribution in [3.8, 4) is 0 Å². The maximum Gasteiger partial charge on any atom is 0.417 e. The summed E-state index contributed by atoms with van der Waals surface area (Å²) in [6, 6.07) is 5.83. The van der Waals surface area contributed by atoms with E-state index in [1.165, 1.54) is 0 Å². The second-order valence-electron chi connectivity index (χ2n) is 5.52. The molecule has 1 N–H and O–H groups in total. The Kier molecular flexibility index (Phi) is 6.74. The van der Waals surface area contributed by atoms with Gasteiger partial charge in [-0.05, 0) is 30.8 Å². The van der Waals surface area contributed by atoms with Crippen molar-refractivity contribution in [1.82, 2.24) is 9.88 Å². The third-order valence-electron chi connectivity index (χ3n) is 3.28. The van der Waals surface area contributed by atoms with E-state index in [2.05, 4.69) is 10.3 Å². The summed E-state index contributed by atoms with van der Waals surface area (Å²) in [4.78, 5) is 17.3. The largest absolute Gasteiger partial charge is 0.417 e. The fraction of sp³-hybridized carbons (Fsp3) is 0.250. The molecule has 0 bridgehead atoms. The first-order valence-corrected chi connectivity index (χ1v) is 8.34. The van der Waals surface area contributed by atoms with Crippen molar-refractivity contribution < 1.29 is 18.0 Å². The van der Waals surface area contributed by atoms with Crippen LogP contribution in [0.5, 0.6) is 0 Å². The summed E-state index contributed by atoms with van der Waals surface area (Å²) in [5, 5.41) is 2.93. The first-order chi connectivity index (χ1) is 12.1. The predicted molar refractivity (Wildman–Crippen MR) is 95.7 cm³/mol. The number of hydrogen-bond donors (Lipinski definition) is 1. The number of nitrogens with zero attached hydrogens (tertiary/aromatic N) is 2. The number of alkyl halides is 3. The number of likely N-dealkylation sites (N-methyl/N-ethyl adjacent to an activating group) is 1. The van der Waals surface area contributed by atoms with Crippen molar-refractivity contribution in [1.29, 1.82) is 0 Å². The van der Waals surface area contributed by atoms with Crippen LogP contribution in [0.2, 0.25) is 15.1 Å². The molecule has 0 fully saturated rings. The molecule has 26 heavy (non-hydrogen) atoms.